The summed E-state index contributed by atoms with van der Waals surface area (Å²) in [5.74, 6) is 1.73. The molecule has 1 aliphatic heterocycles. The number of aryl methyl sites for hydroxylation is 1. The highest BCUT2D eigenvalue weighted by Gasteiger charge is 2.65. The maximum absolute atomic E-state index is 12.4. The molecule has 5 atom stereocenters. The molecule has 25 heavy (non-hydrogen) atoms. The number of rotatable bonds is 0. The maximum atomic E-state index is 12.4. The monoisotopic (exact) mass is 346 g/mol. The lowest BCUT2D eigenvalue weighted by Crippen LogP contribution is -2.67. The summed E-state index contributed by atoms with van der Waals surface area (Å²) in [6, 6.07) is 1.57. The quantitative estimate of drug-likeness (QED) is 0.775. The van der Waals surface area contributed by atoms with E-state index in [1.54, 1.807) is 13.0 Å². The second-order valence-electron chi connectivity index (χ2n) is 9.52. The van der Waals surface area contributed by atoms with E-state index in [2.05, 4.69) is 27.7 Å². The second-order valence-corrected chi connectivity index (χ2v) is 9.52. The van der Waals surface area contributed by atoms with Crippen molar-refractivity contribution < 1.29 is 14.3 Å². The Balaban J connectivity index is 1.82. The average molecular weight is 346 g/mol. The molecular weight excluding hydrogens is 316 g/mol. The fourth-order valence-electron chi connectivity index (χ4n) is 6.24. The Morgan fingerprint density at radius 3 is 2.60 bits per heavy atom. The van der Waals surface area contributed by atoms with E-state index in [9.17, 15) is 9.90 Å². The average Bonchev–Trinajstić information content (AvgIpc) is 2.51. The molecule has 2 heterocycles. The standard InChI is InChI=1S/C21H30O4/c1-12-10-15(22)14-11-13-6-7-16-19(2,3)17(23)8-9-20(16,4)21(13,5)25-18(14)24-12/h10,13,16-17,23H,6-9,11H2,1-5H3. The van der Waals surface area contributed by atoms with Gasteiger partial charge in [-0.15, -0.1) is 0 Å². The lowest BCUT2D eigenvalue weighted by molar-refractivity contribution is -0.222. The molecule has 0 aromatic carbocycles. The molecule has 0 spiro atoms. The summed E-state index contributed by atoms with van der Waals surface area (Å²) < 4.78 is 12.4. The highest BCUT2D eigenvalue weighted by Crippen LogP contribution is 2.64. The van der Waals surface area contributed by atoms with Crippen LogP contribution in [-0.2, 0) is 6.42 Å². The highest BCUT2D eigenvalue weighted by molar-refractivity contribution is 5.31. The predicted octanol–water partition coefficient (Wildman–Crippen LogP) is 3.86. The Bertz CT molecular complexity index is 764. The van der Waals surface area contributed by atoms with Gasteiger partial charge in [0.05, 0.1) is 11.7 Å². The van der Waals surface area contributed by atoms with Gasteiger partial charge in [0.1, 0.15) is 11.4 Å². The number of aliphatic hydroxyl groups excluding tert-OH is 1. The first-order chi connectivity index (χ1) is 11.6. The van der Waals surface area contributed by atoms with Crippen LogP contribution in [-0.4, -0.2) is 16.8 Å². The summed E-state index contributed by atoms with van der Waals surface area (Å²) >= 11 is 0. The van der Waals surface area contributed by atoms with Gasteiger partial charge in [0.2, 0.25) is 0 Å². The molecule has 0 bridgehead atoms. The van der Waals surface area contributed by atoms with E-state index in [1.165, 1.54) is 0 Å². The number of fused-ring (bicyclic) bond motifs is 4. The fraction of sp³-hybridized carbons (Fsp3) is 0.762. The normalized spacial score (nSPS) is 41.9. The zero-order valence-electron chi connectivity index (χ0n) is 16.0. The van der Waals surface area contributed by atoms with Crippen molar-refractivity contribution in [2.75, 3.05) is 0 Å². The first-order valence-corrected chi connectivity index (χ1v) is 9.60. The maximum Gasteiger partial charge on any atom is 0.292 e. The molecule has 1 aromatic rings. The molecule has 138 valence electrons. The SMILES string of the molecule is Cc1cc(=O)c2c(o1)OC1(C)C(CCC3C(C)(C)C(O)CCC31C)C2. The van der Waals surface area contributed by atoms with Crippen LogP contribution in [0, 0.1) is 29.6 Å². The number of ether oxygens (including phenoxy) is 1. The van der Waals surface area contributed by atoms with Gasteiger partial charge in [-0.05, 0) is 57.3 Å². The third-order valence-electron chi connectivity index (χ3n) is 8.07. The van der Waals surface area contributed by atoms with Crippen molar-refractivity contribution in [1.29, 1.82) is 0 Å². The molecule has 5 unspecified atom stereocenters. The third kappa shape index (κ3) is 2.12. The van der Waals surface area contributed by atoms with E-state index < -0.39 is 0 Å². The summed E-state index contributed by atoms with van der Waals surface area (Å²) in [5.41, 5.74) is 0.193. The summed E-state index contributed by atoms with van der Waals surface area (Å²) in [6.07, 6.45) is 4.33. The summed E-state index contributed by atoms with van der Waals surface area (Å²) in [7, 11) is 0. The zero-order valence-corrected chi connectivity index (χ0v) is 16.0. The van der Waals surface area contributed by atoms with Crippen LogP contribution in [0.5, 0.6) is 5.95 Å². The summed E-state index contributed by atoms with van der Waals surface area (Å²) in [6.45, 7) is 10.7. The van der Waals surface area contributed by atoms with E-state index in [-0.39, 0.29) is 28.0 Å². The molecular formula is C21H30O4. The van der Waals surface area contributed by atoms with Gasteiger partial charge >= 0.3 is 0 Å². The first kappa shape index (κ1) is 17.1. The Kier molecular flexibility index (Phi) is 3.51. The predicted molar refractivity (Wildman–Crippen MR) is 95.8 cm³/mol. The van der Waals surface area contributed by atoms with Gasteiger partial charge in [0.15, 0.2) is 5.43 Å². The molecule has 0 amide bonds. The third-order valence-corrected chi connectivity index (χ3v) is 8.07. The van der Waals surface area contributed by atoms with E-state index in [0.29, 0.717) is 29.1 Å². The summed E-state index contributed by atoms with van der Waals surface area (Å²) in [4.78, 5) is 12.4. The van der Waals surface area contributed by atoms with Crippen LogP contribution < -0.4 is 10.2 Å². The van der Waals surface area contributed by atoms with Gasteiger partial charge < -0.3 is 14.3 Å². The van der Waals surface area contributed by atoms with Crippen LogP contribution in [0.1, 0.15) is 64.7 Å². The van der Waals surface area contributed by atoms with Crippen LogP contribution in [0.2, 0.25) is 0 Å². The van der Waals surface area contributed by atoms with Crippen molar-refractivity contribution in [1.82, 2.24) is 0 Å². The van der Waals surface area contributed by atoms with Gasteiger partial charge in [-0.2, -0.15) is 0 Å². The van der Waals surface area contributed by atoms with E-state index in [1.807, 2.05) is 0 Å². The van der Waals surface area contributed by atoms with Crippen molar-refractivity contribution in [2.24, 2.45) is 22.7 Å². The Hall–Kier alpha value is -1.29. The van der Waals surface area contributed by atoms with Crippen LogP contribution >= 0.6 is 0 Å². The molecule has 0 saturated heterocycles. The minimum Gasteiger partial charge on any atom is -0.458 e. The first-order valence-electron chi connectivity index (χ1n) is 9.60. The van der Waals surface area contributed by atoms with Crippen LogP contribution in [0.25, 0.3) is 0 Å². The minimum absolute atomic E-state index is 0.0347. The molecule has 1 aromatic heterocycles. The van der Waals surface area contributed by atoms with Crippen molar-refractivity contribution in [3.05, 3.63) is 27.6 Å². The minimum atomic E-state index is -0.371. The molecule has 0 radical (unpaired) electrons. The van der Waals surface area contributed by atoms with E-state index in [4.69, 9.17) is 9.15 Å². The topological polar surface area (TPSA) is 59.7 Å². The molecule has 4 heteroatoms. The van der Waals surface area contributed by atoms with Gasteiger partial charge in [-0.1, -0.05) is 20.8 Å². The van der Waals surface area contributed by atoms with E-state index >= 15 is 0 Å². The lowest BCUT2D eigenvalue weighted by Gasteiger charge is -2.65. The molecule has 4 rings (SSSR count). The van der Waals surface area contributed by atoms with Crippen molar-refractivity contribution in [2.45, 2.75) is 78.4 Å². The van der Waals surface area contributed by atoms with Crippen LogP contribution in [0.3, 0.4) is 0 Å². The zero-order chi connectivity index (χ0) is 18.2. The van der Waals surface area contributed by atoms with Crippen molar-refractivity contribution >= 4 is 0 Å². The number of aliphatic hydroxyl groups is 1. The number of hydrogen-bond acceptors (Lipinski definition) is 4. The summed E-state index contributed by atoms with van der Waals surface area (Å²) in [5, 5.41) is 10.6. The van der Waals surface area contributed by atoms with Gasteiger partial charge in [0, 0.05) is 17.4 Å². The Labute approximate surface area is 149 Å². The molecule has 3 aliphatic rings. The van der Waals surface area contributed by atoms with Gasteiger partial charge in [-0.3, -0.25) is 4.79 Å². The fourth-order valence-corrected chi connectivity index (χ4v) is 6.24. The van der Waals surface area contributed by atoms with Crippen LogP contribution in [0.4, 0.5) is 0 Å². The molecule has 1 N–H and O–H groups in total. The van der Waals surface area contributed by atoms with E-state index in [0.717, 1.165) is 32.1 Å². The molecule has 2 fully saturated rings. The smallest absolute Gasteiger partial charge is 0.292 e. The van der Waals surface area contributed by atoms with Gasteiger partial charge in [-0.25, -0.2) is 0 Å². The van der Waals surface area contributed by atoms with Crippen molar-refractivity contribution in [3.63, 3.8) is 0 Å². The molecule has 4 nitrogen and oxygen atoms in total. The van der Waals surface area contributed by atoms with Gasteiger partial charge in [0.25, 0.3) is 5.95 Å². The number of hydrogen-bond donors (Lipinski definition) is 1. The highest BCUT2D eigenvalue weighted by atomic mass is 16.6. The van der Waals surface area contributed by atoms with Crippen LogP contribution in [0.15, 0.2) is 15.3 Å². The second kappa shape index (κ2) is 5.12. The lowest BCUT2D eigenvalue weighted by atomic mass is 9.43. The van der Waals surface area contributed by atoms with Crippen molar-refractivity contribution in [3.8, 4) is 5.95 Å². The largest absolute Gasteiger partial charge is 0.458 e. The Morgan fingerprint density at radius 1 is 1.16 bits per heavy atom. The molecule has 2 aliphatic carbocycles. The molecule has 2 saturated carbocycles. The Morgan fingerprint density at radius 2 is 1.88 bits per heavy atom.